The van der Waals surface area contributed by atoms with E-state index >= 15 is 0 Å². The van der Waals surface area contributed by atoms with E-state index in [2.05, 4.69) is 10.0 Å². The molecule has 0 atom stereocenters. The van der Waals surface area contributed by atoms with Crippen LogP contribution in [0.3, 0.4) is 0 Å². The Kier molecular flexibility index (Phi) is 7.09. The van der Waals surface area contributed by atoms with Crippen LogP contribution in [-0.4, -0.2) is 28.0 Å². The van der Waals surface area contributed by atoms with Gasteiger partial charge in [0, 0.05) is 12.6 Å². The van der Waals surface area contributed by atoms with Gasteiger partial charge in [0.2, 0.25) is 0 Å². The van der Waals surface area contributed by atoms with E-state index in [4.69, 9.17) is 9.47 Å². The molecular weight excluding hydrogens is 423 g/mol. The van der Waals surface area contributed by atoms with Gasteiger partial charge in [-0.05, 0) is 54.1 Å². The number of rotatable bonds is 9. The standard InChI is InChI=1S/C22H21FN2O5S/c1-29-20-4-2-3-18(13-20)25-31(27,28)21-11-9-19(10-12-21)30-15-22(26)24-14-16-5-7-17(23)8-6-16/h2-13,25H,14-15H2,1H3,(H,24,26). The first-order valence-electron chi connectivity index (χ1n) is 9.26. The van der Waals surface area contributed by atoms with E-state index in [1.807, 2.05) is 0 Å². The summed E-state index contributed by atoms with van der Waals surface area (Å²) in [4.78, 5) is 12.0. The van der Waals surface area contributed by atoms with Crippen LogP contribution in [0.25, 0.3) is 0 Å². The van der Waals surface area contributed by atoms with Gasteiger partial charge in [0.25, 0.3) is 15.9 Å². The molecule has 0 saturated carbocycles. The van der Waals surface area contributed by atoms with Crippen molar-refractivity contribution in [1.29, 1.82) is 0 Å². The molecule has 3 aromatic rings. The lowest BCUT2D eigenvalue weighted by atomic mass is 10.2. The third kappa shape index (κ3) is 6.45. The van der Waals surface area contributed by atoms with Crippen molar-refractivity contribution in [3.63, 3.8) is 0 Å². The number of hydrogen-bond acceptors (Lipinski definition) is 5. The van der Waals surface area contributed by atoms with Gasteiger partial charge < -0.3 is 14.8 Å². The quantitative estimate of drug-likeness (QED) is 0.528. The average Bonchev–Trinajstić information content (AvgIpc) is 2.77. The lowest BCUT2D eigenvalue weighted by Gasteiger charge is -2.11. The lowest BCUT2D eigenvalue weighted by Crippen LogP contribution is -2.28. The van der Waals surface area contributed by atoms with Crippen LogP contribution in [0.15, 0.2) is 77.7 Å². The summed E-state index contributed by atoms with van der Waals surface area (Å²) < 4.78 is 50.9. The minimum atomic E-state index is -3.80. The number of nitrogens with one attached hydrogen (secondary N) is 2. The van der Waals surface area contributed by atoms with Gasteiger partial charge in [-0.1, -0.05) is 18.2 Å². The number of hydrogen-bond donors (Lipinski definition) is 2. The van der Waals surface area contributed by atoms with Crippen LogP contribution in [0.2, 0.25) is 0 Å². The average molecular weight is 444 g/mol. The Balaban J connectivity index is 1.53. The number of sulfonamides is 1. The predicted octanol–water partition coefficient (Wildman–Crippen LogP) is 3.33. The normalized spacial score (nSPS) is 10.9. The van der Waals surface area contributed by atoms with E-state index in [0.717, 1.165) is 5.56 Å². The molecule has 3 aromatic carbocycles. The topological polar surface area (TPSA) is 93.7 Å². The number of carbonyl (C=O) groups excluding carboxylic acids is 1. The Morgan fingerprint density at radius 1 is 0.968 bits per heavy atom. The maximum absolute atomic E-state index is 12.9. The zero-order valence-corrected chi connectivity index (χ0v) is 17.5. The Hall–Kier alpha value is -3.59. The fraction of sp³-hybridized carbons (Fsp3) is 0.136. The predicted molar refractivity (Wildman–Crippen MR) is 114 cm³/mol. The molecule has 7 nitrogen and oxygen atoms in total. The molecule has 3 rings (SSSR count). The molecule has 0 fully saturated rings. The van der Waals surface area contributed by atoms with Crippen LogP contribution in [-0.2, 0) is 21.4 Å². The molecule has 0 spiro atoms. The number of carbonyl (C=O) groups is 1. The molecule has 0 aromatic heterocycles. The second-order valence-electron chi connectivity index (χ2n) is 6.50. The summed E-state index contributed by atoms with van der Waals surface area (Å²) in [5.74, 6) is 0.169. The molecule has 0 saturated heterocycles. The van der Waals surface area contributed by atoms with E-state index in [1.165, 1.54) is 43.5 Å². The number of halogens is 1. The first-order valence-corrected chi connectivity index (χ1v) is 10.7. The van der Waals surface area contributed by atoms with Crippen molar-refractivity contribution in [2.75, 3.05) is 18.4 Å². The molecule has 0 aliphatic heterocycles. The molecule has 9 heteroatoms. The summed E-state index contributed by atoms with van der Waals surface area (Å²) >= 11 is 0. The van der Waals surface area contributed by atoms with Crippen LogP contribution in [0.5, 0.6) is 11.5 Å². The van der Waals surface area contributed by atoms with Crippen LogP contribution in [0.4, 0.5) is 10.1 Å². The van der Waals surface area contributed by atoms with E-state index in [1.54, 1.807) is 36.4 Å². The second-order valence-corrected chi connectivity index (χ2v) is 8.18. The van der Waals surface area contributed by atoms with Crippen molar-refractivity contribution >= 4 is 21.6 Å². The fourth-order valence-corrected chi connectivity index (χ4v) is 3.67. The largest absolute Gasteiger partial charge is 0.497 e. The van der Waals surface area contributed by atoms with Gasteiger partial charge in [-0.15, -0.1) is 0 Å². The maximum Gasteiger partial charge on any atom is 0.261 e. The summed E-state index contributed by atoms with van der Waals surface area (Å²) in [6.07, 6.45) is 0. The first-order chi connectivity index (χ1) is 14.9. The zero-order valence-electron chi connectivity index (χ0n) is 16.7. The van der Waals surface area contributed by atoms with Crippen LogP contribution in [0, 0.1) is 5.82 Å². The molecular formula is C22H21FN2O5S. The van der Waals surface area contributed by atoms with Crippen molar-refractivity contribution in [1.82, 2.24) is 5.32 Å². The van der Waals surface area contributed by atoms with E-state index in [9.17, 15) is 17.6 Å². The highest BCUT2D eigenvalue weighted by molar-refractivity contribution is 7.92. The SMILES string of the molecule is COc1cccc(NS(=O)(=O)c2ccc(OCC(=O)NCc3ccc(F)cc3)cc2)c1. The van der Waals surface area contributed by atoms with Crippen LogP contribution < -0.4 is 19.5 Å². The second kappa shape index (κ2) is 9.94. The molecule has 0 heterocycles. The number of ether oxygens (including phenoxy) is 2. The number of benzene rings is 3. The van der Waals surface area contributed by atoms with Crippen molar-refractivity contribution in [3.05, 3.63) is 84.2 Å². The van der Waals surface area contributed by atoms with Gasteiger partial charge in [0.1, 0.15) is 17.3 Å². The first kappa shape index (κ1) is 22.1. The van der Waals surface area contributed by atoms with E-state index < -0.39 is 10.0 Å². The molecule has 31 heavy (non-hydrogen) atoms. The smallest absolute Gasteiger partial charge is 0.261 e. The number of anilines is 1. The zero-order chi connectivity index (χ0) is 22.3. The third-order valence-electron chi connectivity index (χ3n) is 4.23. The Bertz CT molecular complexity index is 1130. The number of methoxy groups -OCH3 is 1. The molecule has 2 N–H and O–H groups in total. The molecule has 0 aliphatic rings. The van der Waals surface area contributed by atoms with Gasteiger partial charge in [0.05, 0.1) is 17.7 Å². The highest BCUT2D eigenvalue weighted by Crippen LogP contribution is 2.22. The molecule has 0 bridgehead atoms. The van der Waals surface area contributed by atoms with Crippen LogP contribution >= 0.6 is 0 Å². The fourth-order valence-electron chi connectivity index (χ4n) is 2.62. The van der Waals surface area contributed by atoms with Crippen molar-refractivity contribution < 1.29 is 27.1 Å². The highest BCUT2D eigenvalue weighted by Gasteiger charge is 2.15. The van der Waals surface area contributed by atoms with E-state index in [0.29, 0.717) is 17.2 Å². The summed E-state index contributed by atoms with van der Waals surface area (Å²) in [7, 11) is -2.30. The van der Waals surface area contributed by atoms with Gasteiger partial charge in [-0.25, -0.2) is 12.8 Å². The summed E-state index contributed by atoms with van der Waals surface area (Å²) in [5.41, 5.74) is 1.13. The molecule has 1 amide bonds. The molecule has 0 radical (unpaired) electrons. The van der Waals surface area contributed by atoms with Gasteiger partial charge in [-0.3, -0.25) is 9.52 Å². The van der Waals surface area contributed by atoms with E-state index in [-0.39, 0.29) is 29.8 Å². The minimum Gasteiger partial charge on any atom is -0.497 e. The summed E-state index contributed by atoms with van der Waals surface area (Å²) in [5, 5.41) is 2.66. The van der Waals surface area contributed by atoms with Crippen molar-refractivity contribution in [2.24, 2.45) is 0 Å². The molecule has 0 unspecified atom stereocenters. The highest BCUT2D eigenvalue weighted by atomic mass is 32.2. The summed E-state index contributed by atoms with van der Waals surface area (Å²) in [6, 6.07) is 18.1. The monoisotopic (exact) mass is 444 g/mol. The minimum absolute atomic E-state index is 0.0448. The maximum atomic E-state index is 12.9. The Morgan fingerprint density at radius 3 is 2.35 bits per heavy atom. The Morgan fingerprint density at radius 2 is 1.68 bits per heavy atom. The summed E-state index contributed by atoms with van der Waals surface area (Å²) in [6.45, 7) is 0.00491. The van der Waals surface area contributed by atoms with Crippen molar-refractivity contribution in [2.45, 2.75) is 11.4 Å². The third-order valence-corrected chi connectivity index (χ3v) is 5.63. The van der Waals surface area contributed by atoms with Crippen LogP contribution in [0.1, 0.15) is 5.56 Å². The molecule has 162 valence electrons. The van der Waals surface area contributed by atoms with Gasteiger partial charge in [0.15, 0.2) is 6.61 Å². The van der Waals surface area contributed by atoms with Crippen molar-refractivity contribution in [3.8, 4) is 11.5 Å². The number of amides is 1. The van der Waals surface area contributed by atoms with Gasteiger partial charge >= 0.3 is 0 Å². The molecule has 0 aliphatic carbocycles. The lowest BCUT2D eigenvalue weighted by molar-refractivity contribution is -0.123. The Labute approximate surface area is 179 Å². The van der Waals surface area contributed by atoms with Gasteiger partial charge in [-0.2, -0.15) is 0 Å².